The average molecular weight is 406 g/mol. The number of hydrogen-bond acceptors (Lipinski definition) is 2. The molecule has 0 radical (unpaired) electrons. The Balaban J connectivity index is 1.31. The van der Waals surface area contributed by atoms with Gasteiger partial charge in [0, 0.05) is 43.7 Å². The molecule has 0 bridgehead atoms. The van der Waals surface area contributed by atoms with Gasteiger partial charge in [-0.3, -0.25) is 4.79 Å². The molecule has 0 atom stereocenters. The number of nitrogens with one attached hydrogen (secondary N) is 1. The van der Waals surface area contributed by atoms with Gasteiger partial charge in [-0.15, -0.1) is 0 Å². The fraction of sp³-hybridized carbons (Fsp3) is 0.440. The summed E-state index contributed by atoms with van der Waals surface area (Å²) >= 11 is 0. The van der Waals surface area contributed by atoms with Gasteiger partial charge in [-0.25, -0.2) is 4.79 Å². The molecule has 2 fully saturated rings. The maximum absolute atomic E-state index is 12.8. The van der Waals surface area contributed by atoms with Crippen molar-refractivity contribution >= 4 is 11.9 Å². The third kappa shape index (κ3) is 4.35. The normalized spacial score (nSPS) is 18.3. The molecule has 1 aliphatic carbocycles. The van der Waals surface area contributed by atoms with Crippen molar-refractivity contribution in [2.24, 2.45) is 0 Å². The molecule has 158 valence electrons. The molecule has 2 aliphatic rings. The number of nitrogens with zero attached hydrogens (tertiary/aromatic N) is 2. The lowest BCUT2D eigenvalue weighted by atomic mass is 9.79. The maximum Gasteiger partial charge on any atom is 0.317 e. The smallest absolute Gasteiger partial charge is 0.317 e. The van der Waals surface area contributed by atoms with Crippen LogP contribution in [0.5, 0.6) is 0 Å². The highest BCUT2D eigenvalue weighted by Gasteiger charge is 2.36. The Hall–Kier alpha value is -2.82. The number of aryl methyl sites for hydroxylation is 1. The van der Waals surface area contributed by atoms with Crippen LogP contribution in [-0.2, 0) is 5.41 Å². The minimum atomic E-state index is -0.0142. The average Bonchev–Trinajstić information content (AvgIpc) is 3.28. The molecule has 30 heavy (non-hydrogen) atoms. The molecule has 3 amide bonds. The van der Waals surface area contributed by atoms with E-state index in [0.29, 0.717) is 38.3 Å². The molecule has 1 N–H and O–H groups in total. The molecule has 2 aromatic carbocycles. The third-order valence-electron chi connectivity index (χ3n) is 6.68. The van der Waals surface area contributed by atoms with Gasteiger partial charge in [0.25, 0.3) is 5.91 Å². The van der Waals surface area contributed by atoms with E-state index < -0.39 is 0 Å². The quantitative estimate of drug-likeness (QED) is 0.837. The van der Waals surface area contributed by atoms with E-state index in [4.69, 9.17) is 0 Å². The number of carbonyl (C=O) groups excluding carboxylic acids is 2. The van der Waals surface area contributed by atoms with Gasteiger partial charge in [-0.1, -0.05) is 60.9 Å². The summed E-state index contributed by atoms with van der Waals surface area (Å²) in [6.45, 7) is 4.98. The molecular formula is C25H31N3O2. The Morgan fingerprint density at radius 2 is 1.47 bits per heavy atom. The van der Waals surface area contributed by atoms with E-state index in [1.807, 2.05) is 47.1 Å². The fourth-order valence-corrected chi connectivity index (χ4v) is 4.76. The van der Waals surface area contributed by atoms with E-state index >= 15 is 0 Å². The minimum absolute atomic E-state index is 0.0142. The Labute approximate surface area is 179 Å². The zero-order valence-corrected chi connectivity index (χ0v) is 17.8. The molecule has 0 unspecified atom stereocenters. The lowest BCUT2D eigenvalue weighted by Gasteiger charge is -2.36. The van der Waals surface area contributed by atoms with Crippen molar-refractivity contribution in [3.63, 3.8) is 0 Å². The summed E-state index contributed by atoms with van der Waals surface area (Å²) in [7, 11) is 0. The van der Waals surface area contributed by atoms with Crippen LogP contribution in [0.25, 0.3) is 0 Å². The van der Waals surface area contributed by atoms with Crippen LogP contribution in [0, 0.1) is 6.92 Å². The number of rotatable bonds is 4. The summed E-state index contributed by atoms with van der Waals surface area (Å²) in [4.78, 5) is 29.2. The second kappa shape index (κ2) is 8.90. The van der Waals surface area contributed by atoms with Crippen molar-refractivity contribution in [3.05, 3.63) is 71.3 Å². The first-order chi connectivity index (χ1) is 14.6. The Kier molecular flexibility index (Phi) is 6.07. The van der Waals surface area contributed by atoms with Crippen LogP contribution in [0.15, 0.2) is 54.6 Å². The van der Waals surface area contributed by atoms with Crippen LogP contribution >= 0.6 is 0 Å². The Morgan fingerprint density at radius 1 is 0.867 bits per heavy atom. The highest BCUT2D eigenvalue weighted by Crippen LogP contribution is 2.40. The summed E-state index contributed by atoms with van der Waals surface area (Å²) < 4.78 is 0. The monoisotopic (exact) mass is 405 g/mol. The fourth-order valence-electron chi connectivity index (χ4n) is 4.76. The first kappa shape index (κ1) is 20.5. The topological polar surface area (TPSA) is 52.7 Å². The molecular weight excluding hydrogens is 374 g/mol. The van der Waals surface area contributed by atoms with Crippen molar-refractivity contribution in [3.8, 4) is 0 Å². The largest absolute Gasteiger partial charge is 0.337 e. The summed E-state index contributed by atoms with van der Waals surface area (Å²) in [5, 5.41) is 3.20. The maximum atomic E-state index is 12.8. The highest BCUT2D eigenvalue weighted by molar-refractivity contribution is 5.94. The summed E-state index contributed by atoms with van der Waals surface area (Å²) in [6, 6.07) is 18.2. The molecule has 4 rings (SSSR count). The molecule has 1 heterocycles. The highest BCUT2D eigenvalue weighted by atomic mass is 16.2. The van der Waals surface area contributed by atoms with Gasteiger partial charge in [-0.2, -0.15) is 0 Å². The van der Waals surface area contributed by atoms with Crippen LogP contribution in [0.1, 0.15) is 47.2 Å². The van der Waals surface area contributed by atoms with E-state index in [-0.39, 0.29) is 17.4 Å². The van der Waals surface area contributed by atoms with E-state index in [9.17, 15) is 9.59 Å². The van der Waals surface area contributed by atoms with Crippen LogP contribution in [0.2, 0.25) is 0 Å². The lowest BCUT2D eigenvalue weighted by Crippen LogP contribution is -2.54. The minimum Gasteiger partial charge on any atom is -0.337 e. The van der Waals surface area contributed by atoms with Crippen molar-refractivity contribution in [1.29, 1.82) is 0 Å². The van der Waals surface area contributed by atoms with Crippen LogP contribution in [-0.4, -0.2) is 54.5 Å². The summed E-state index contributed by atoms with van der Waals surface area (Å²) in [5.41, 5.74) is 3.24. The van der Waals surface area contributed by atoms with Gasteiger partial charge in [0.15, 0.2) is 0 Å². The van der Waals surface area contributed by atoms with E-state index in [1.54, 1.807) is 0 Å². The molecule has 0 aromatic heterocycles. The molecule has 5 heteroatoms. The van der Waals surface area contributed by atoms with Crippen molar-refractivity contribution in [2.75, 3.05) is 32.7 Å². The molecule has 1 aliphatic heterocycles. The van der Waals surface area contributed by atoms with Gasteiger partial charge in [-0.05, 0) is 37.5 Å². The SMILES string of the molecule is Cc1ccc(C(=O)N2CCN(C(=O)NCC3(c4ccccc4)CCCC3)CC2)cc1. The zero-order chi connectivity index (χ0) is 21.0. The number of benzene rings is 2. The number of amides is 3. The molecule has 0 spiro atoms. The Bertz CT molecular complexity index is 865. The van der Waals surface area contributed by atoms with E-state index in [2.05, 4.69) is 29.6 Å². The third-order valence-corrected chi connectivity index (χ3v) is 6.68. The zero-order valence-electron chi connectivity index (χ0n) is 17.8. The van der Waals surface area contributed by atoms with Crippen LogP contribution < -0.4 is 5.32 Å². The van der Waals surface area contributed by atoms with Gasteiger partial charge >= 0.3 is 6.03 Å². The van der Waals surface area contributed by atoms with Crippen molar-refractivity contribution in [2.45, 2.75) is 38.0 Å². The molecule has 1 saturated heterocycles. The van der Waals surface area contributed by atoms with Gasteiger partial charge in [0.05, 0.1) is 0 Å². The first-order valence-electron chi connectivity index (χ1n) is 11.0. The number of hydrogen-bond donors (Lipinski definition) is 1. The van der Waals surface area contributed by atoms with Gasteiger partial charge < -0.3 is 15.1 Å². The number of piperazine rings is 1. The first-order valence-corrected chi connectivity index (χ1v) is 11.0. The number of urea groups is 1. The standard InChI is InChI=1S/C25H31N3O2/c1-20-9-11-21(12-10-20)23(29)27-15-17-28(18-16-27)24(30)26-19-25(13-5-6-14-25)22-7-3-2-4-8-22/h2-4,7-12H,5-6,13-19H2,1H3,(H,26,30). The van der Waals surface area contributed by atoms with Crippen molar-refractivity contribution < 1.29 is 9.59 Å². The Morgan fingerprint density at radius 3 is 2.10 bits per heavy atom. The van der Waals surface area contributed by atoms with Gasteiger partial charge in [0.2, 0.25) is 0 Å². The van der Waals surface area contributed by atoms with Crippen molar-refractivity contribution in [1.82, 2.24) is 15.1 Å². The molecule has 1 saturated carbocycles. The molecule has 5 nitrogen and oxygen atoms in total. The summed E-state index contributed by atoms with van der Waals surface area (Å²) in [5.74, 6) is 0.0454. The van der Waals surface area contributed by atoms with Gasteiger partial charge in [0.1, 0.15) is 0 Å². The lowest BCUT2D eigenvalue weighted by molar-refractivity contribution is 0.0664. The van der Waals surface area contributed by atoms with E-state index in [0.717, 1.165) is 18.4 Å². The predicted octanol–water partition coefficient (Wildman–Crippen LogP) is 3.97. The molecule has 2 aromatic rings. The van der Waals surface area contributed by atoms with Crippen LogP contribution in [0.3, 0.4) is 0 Å². The second-order valence-electron chi connectivity index (χ2n) is 8.66. The predicted molar refractivity (Wildman–Crippen MR) is 119 cm³/mol. The summed E-state index contributed by atoms with van der Waals surface area (Å²) in [6.07, 6.45) is 4.67. The van der Waals surface area contributed by atoms with E-state index in [1.165, 1.54) is 18.4 Å². The van der Waals surface area contributed by atoms with Crippen LogP contribution in [0.4, 0.5) is 4.79 Å². The number of carbonyl (C=O) groups is 2. The second-order valence-corrected chi connectivity index (χ2v) is 8.66.